The van der Waals surface area contributed by atoms with Crippen LogP contribution in [0.3, 0.4) is 0 Å². The molecule has 0 saturated heterocycles. The van der Waals surface area contributed by atoms with E-state index in [0.29, 0.717) is 6.04 Å². The molecular formula is C10H21N5S. The van der Waals surface area contributed by atoms with Gasteiger partial charge in [0, 0.05) is 0 Å². The highest BCUT2D eigenvalue weighted by molar-refractivity contribution is 7.98. The minimum atomic E-state index is 0.376. The minimum Gasteiger partial charge on any atom is -0.310 e. The van der Waals surface area contributed by atoms with Gasteiger partial charge in [0.25, 0.3) is 0 Å². The number of nitrogens with one attached hydrogen (secondary N) is 1. The number of tetrazole rings is 1. The maximum Gasteiger partial charge on any atom is 0.165 e. The largest absolute Gasteiger partial charge is 0.310 e. The summed E-state index contributed by atoms with van der Waals surface area (Å²) >= 11 is 1.86. The zero-order valence-corrected chi connectivity index (χ0v) is 11.1. The lowest BCUT2D eigenvalue weighted by Crippen LogP contribution is -2.20. The van der Waals surface area contributed by atoms with Gasteiger partial charge in [-0.2, -0.15) is 11.8 Å². The maximum absolute atomic E-state index is 4.05. The molecule has 0 saturated carbocycles. The molecule has 1 rings (SSSR count). The van der Waals surface area contributed by atoms with Gasteiger partial charge in [-0.05, 0) is 48.7 Å². The highest BCUT2D eigenvalue weighted by atomic mass is 32.2. The average molecular weight is 243 g/mol. The van der Waals surface area contributed by atoms with Gasteiger partial charge in [0.05, 0.1) is 12.6 Å². The molecule has 1 heterocycles. The molecule has 0 aliphatic rings. The van der Waals surface area contributed by atoms with Crippen LogP contribution in [0.25, 0.3) is 0 Å². The number of rotatable bonds is 8. The van der Waals surface area contributed by atoms with E-state index in [2.05, 4.69) is 40.9 Å². The molecule has 1 aromatic heterocycles. The molecular weight excluding hydrogens is 222 g/mol. The smallest absolute Gasteiger partial charge is 0.165 e. The molecule has 1 aromatic rings. The van der Waals surface area contributed by atoms with E-state index >= 15 is 0 Å². The van der Waals surface area contributed by atoms with Crippen LogP contribution >= 0.6 is 11.8 Å². The Morgan fingerprint density at radius 1 is 1.50 bits per heavy atom. The Hall–Kier alpha value is -0.620. The van der Waals surface area contributed by atoms with Gasteiger partial charge in [-0.15, -0.1) is 5.10 Å². The van der Waals surface area contributed by atoms with E-state index in [9.17, 15) is 0 Å². The van der Waals surface area contributed by atoms with Crippen LogP contribution in [-0.2, 0) is 6.54 Å². The fourth-order valence-electron chi connectivity index (χ4n) is 1.46. The fraction of sp³-hybridized carbons (Fsp3) is 0.900. The van der Waals surface area contributed by atoms with Gasteiger partial charge in [-0.25, -0.2) is 4.68 Å². The topological polar surface area (TPSA) is 55.6 Å². The summed E-state index contributed by atoms with van der Waals surface area (Å²) in [5.74, 6) is 2.07. The number of nitrogens with zero attached hydrogens (tertiary/aromatic N) is 4. The number of hydrogen-bond acceptors (Lipinski definition) is 5. The summed E-state index contributed by atoms with van der Waals surface area (Å²) in [4.78, 5) is 0. The van der Waals surface area contributed by atoms with E-state index in [1.165, 1.54) is 0 Å². The molecule has 1 atom stereocenters. The molecule has 0 spiro atoms. The second-order valence-corrected chi connectivity index (χ2v) is 4.83. The minimum absolute atomic E-state index is 0.376. The summed E-state index contributed by atoms with van der Waals surface area (Å²) < 4.78 is 1.93. The van der Waals surface area contributed by atoms with Crippen LogP contribution in [0.5, 0.6) is 0 Å². The summed E-state index contributed by atoms with van der Waals surface area (Å²) in [6, 6.07) is 0.376. The predicted octanol–water partition coefficient (Wildman–Crippen LogP) is 1.49. The Balaban J connectivity index is 2.48. The van der Waals surface area contributed by atoms with Crippen LogP contribution in [0.15, 0.2) is 0 Å². The van der Waals surface area contributed by atoms with Crippen LogP contribution < -0.4 is 5.32 Å². The Bertz CT molecular complexity index is 288. The van der Waals surface area contributed by atoms with E-state index in [4.69, 9.17) is 0 Å². The van der Waals surface area contributed by atoms with Crippen LogP contribution in [0.2, 0.25) is 0 Å². The van der Waals surface area contributed by atoms with Gasteiger partial charge in [0.15, 0.2) is 5.82 Å². The van der Waals surface area contributed by atoms with Gasteiger partial charge < -0.3 is 5.32 Å². The Morgan fingerprint density at radius 3 is 3.00 bits per heavy atom. The van der Waals surface area contributed by atoms with Crippen molar-refractivity contribution in [2.24, 2.45) is 0 Å². The van der Waals surface area contributed by atoms with E-state index in [-0.39, 0.29) is 0 Å². The van der Waals surface area contributed by atoms with Crippen molar-refractivity contribution in [1.82, 2.24) is 25.5 Å². The third-order valence-electron chi connectivity index (χ3n) is 2.43. The van der Waals surface area contributed by atoms with Gasteiger partial charge in [0.2, 0.25) is 0 Å². The van der Waals surface area contributed by atoms with Crippen molar-refractivity contribution in [1.29, 1.82) is 0 Å². The average Bonchev–Trinajstić information content (AvgIpc) is 2.74. The van der Waals surface area contributed by atoms with Gasteiger partial charge >= 0.3 is 0 Å². The Kier molecular flexibility index (Phi) is 6.40. The van der Waals surface area contributed by atoms with Crippen molar-refractivity contribution in [3.05, 3.63) is 5.82 Å². The summed E-state index contributed by atoms with van der Waals surface area (Å²) in [6.07, 6.45) is 4.35. The predicted molar refractivity (Wildman–Crippen MR) is 67.5 cm³/mol. The third kappa shape index (κ3) is 4.09. The second-order valence-electron chi connectivity index (χ2n) is 3.85. The first kappa shape index (κ1) is 13.4. The molecule has 0 aliphatic carbocycles. The van der Waals surface area contributed by atoms with Crippen molar-refractivity contribution in [2.75, 3.05) is 18.6 Å². The molecule has 16 heavy (non-hydrogen) atoms. The first-order valence-corrected chi connectivity index (χ1v) is 7.15. The molecule has 0 radical (unpaired) electrons. The van der Waals surface area contributed by atoms with Crippen molar-refractivity contribution in [3.63, 3.8) is 0 Å². The zero-order valence-electron chi connectivity index (χ0n) is 10.3. The van der Waals surface area contributed by atoms with E-state index in [0.717, 1.165) is 37.5 Å². The molecule has 0 fully saturated rings. The van der Waals surface area contributed by atoms with Crippen molar-refractivity contribution in [3.8, 4) is 0 Å². The lowest BCUT2D eigenvalue weighted by molar-refractivity contribution is 0.442. The van der Waals surface area contributed by atoms with Crippen LogP contribution in [0.1, 0.15) is 38.6 Å². The Labute approximate surface area is 101 Å². The maximum atomic E-state index is 4.05. The molecule has 0 amide bonds. The molecule has 1 N–H and O–H groups in total. The molecule has 5 nitrogen and oxygen atoms in total. The van der Waals surface area contributed by atoms with Gasteiger partial charge in [0.1, 0.15) is 0 Å². The molecule has 92 valence electrons. The standard InChI is InChI=1S/C10H21N5S/c1-4-6-11-8-10-12-13-14-15(10)9(2)5-7-16-3/h9,11H,4-8H2,1-3H3. The Morgan fingerprint density at radius 2 is 2.31 bits per heavy atom. The zero-order chi connectivity index (χ0) is 11.8. The first-order chi connectivity index (χ1) is 7.79. The summed E-state index contributed by atoms with van der Waals surface area (Å²) in [6.45, 7) is 6.07. The molecule has 0 aromatic carbocycles. The number of aromatic nitrogens is 4. The number of hydrogen-bond donors (Lipinski definition) is 1. The van der Waals surface area contributed by atoms with Crippen LogP contribution in [-0.4, -0.2) is 38.8 Å². The monoisotopic (exact) mass is 243 g/mol. The van der Waals surface area contributed by atoms with Gasteiger partial charge in [-0.3, -0.25) is 0 Å². The normalized spacial score (nSPS) is 12.9. The van der Waals surface area contributed by atoms with Crippen LogP contribution in [0, 0.1) is 0 Å². The van der Waals surface area contributed by atoms with Crippen molar-refractivity contribution < 1.29 is 0 Å². The molecule has 6 heteroatoms. The van der Waals surface area contributed by atoms with Crippen molar-refractivity contribution in [2.45, 2.75) is 39.3 Å². The number of thioether (sulfide) groups is 1. The second kappa shape index (κ2) is 7.62. The van der Waals surface area contributed by atoms with E-state index < -0.39 is 0 Å². The lowest BCUT2D eigenvalue weighted by Gasteiger charge is -2.12. The summed E-state index contributed by atoms with van der Waals surface area (Å²) in [7, 11) is 0. The van der Waals surface area contributed by atoms with E-state index in [1.807, 2.05) is 16.4 Å². The highest BCUT2D eigenvalue weighted by Crippen LogP contribution is 2.13. The quantitative estimate of drug-likeness (QED) is 0.701. The SMILES string of the molecule is CCCNCc1nnnn1C(C)CCSC. The van der Waals surface area contributed by atoms with E-state index in [1.54, 1.807) is 0 Å². The fourth-order valence-corrected chi connectivity index (χ4v) is 2.04. The lowest BCUT2D eigenvalue weighted by atomic mass is 10.2. The van der Waals surface area contributed by atoms with Crippen molar-refractivity contribution >= 4 is 11.8 Å². The molecule has 0 bridgehead atoms. The first-order valence-electron chi connectivity index (χ1n) is 5.76. The van der Waals surface area contributed by atoms with Gasteiger partial charge in [-0.1, -0.05) is 6.92 Å². The molecule has 0 aliphatic heterocycles. The summed E-state index contributed by atoms with van der Waals surface area (Å²) in [5, 5.41) is 15.2. The highest BCUT2D eigenvalue weighted by Gasteiger charge is 2.11. The third-order valence-corrected chi connectivity index (χ3v) is 3.07. The van der Waals surface area contributed by atoms with Crippen LogP contribution in [0.4, 0.5) is 0 Å². The summed E-state index contributed by atoms with van der Waals surface area (Å²) in [5.41, 5.74) is 0. The molecule has 1 unspecified atom stereocenters.